The van der Waals surface area contributed by atoms with Crippen LogP contribution in [0.25, 0.3) is 0 Å². The molecule has 1 fully saturated rings. The zero-order chi connectivity index (χ0) is 24.1. The third-order valence-corrected chi connectivity index (χ3v) is 6.02. The summed E-state index contributed by atoms with van der Waals surface area (Å²) >= 11 is 0. The molecular formula is C25H29FN4O4. The van der Waals surface area contributed by atoms with Gasteiger partial charge >= 0.3 is 12.0 Å². The Bertz CT molecular complexity index is 1060. The van der Waals surface area contributed by atoms with Crippen molar-refractivity contribution in [3.8, 4) is 5.75 Å². The van der Waals surface area contributed by atoms with Crippen LogP contribution in [0.15, 0.2) is 59.8 Å². The second-order valence-corrected chi connectivity index (χ2v) is 8.16. The normalized spacial score (nSPS) is 18.9. The van der Waals surface area contributed by atoms with E-state index in [4.69, 9.17) is 9.47 Å². The molecule has 2 aliphatic heterocycles. The molecule has 2 aromatic carbocycles. The standard InChI is InChI=1S/C25H29FN4O4/c1-3-34-24(31)22-21(27-25(32)28-23(22)17-5-4-6-20(15-17)33-2)16-29-11-13-30(14-12-29)19-9-7-18(26)8-10-19/h4-10,15,23H,3,11-14,16H2,1-2H3,(H2,27,28,32)/t23-/m1/s1. The SMILES string of the molecule is CCOC(=O)C1=C(CN2CCN(c3ccc(F)cc3)CC2)NC(=O)N[C@@H]1c1cccc(OC)c1. The Morgan fingerprint density at radius 1 is 1.12 bits per heavy atom. The number of hydrogen-bond donors (Lipinski definition) is 2. The van der Waals surface area contributed by atoms with Crippen LogP contribution in [0.2, 0.25) is 0 Å². The van der Waals surface area contributed by atoms with Crippen LogP contribution in [0, 0.1) is 5.82 Å². The van der Waals surface area contributed by atoms with E-state index in [9.17, 15) is 14.0 Å². The number of ether oxygens (including phenoxy) is 2. The number of piperazine rings is 1. The molecule has 0 unspecified atom stereocenters. The maximum Gasteiger partial charge on any atom is 0.338 e. The molecule has 1 saturated heterocycles. The summed E-state index contributed by atoms with van der Waals surface area (Å²) in [5.74, 6) is -0.0946. The average molecular weight is 469 g/mol. The van der Waals surface area contributed by atoms with Crippen LogP contribution in [0.5, 0.6) is 5.75 Å². The highest BCUT2D eigenvalue weighted by molar-refractivity contribution is 5.95. The largest absolute Gasteiger partial charge is 0.497 e. The average Bonchev–Trinajstić information content (AvgIpc) is 2.85. The summed E-state index contributed by atoms with van der Waals surface area (Å²) in [5.41, 5.74) is 2.62. The van der Waals surface area contributed by atoms with Crippen molar-refractivity contribution in [1.82, 2.24) is 15.5 Å². The number of rotatable bonds is 7. The molecule has 0 aliphatic carbocycles. The monoisotopic (exact) mass is 468 g/mol. The van der Waals surface area contributed by atoms with E-state index in [2.05, 4.69) is 20.4 Å². The first-order valence-electron chi connectivity index (χ1n) is 11.3. The fourth-order valence-electron chi connectivity index (χ4n) is 4.30. The van der Waals surface area contributed by atoms with Crippen LogP contribution in [0.1, 0.15) is 18.5 Å². The van der Waals surface area contributed by atoms with Crippen LogP contribution in [-0.4, -0.2) is 63.3 Å². The van der Waals surface area contributed by atoms with Gasteiger partial charge in [0.1, 0.15) is 11.6 Å². The van der Waals surface area contributed by atoms with Gasteiger partial charge in [-0.1, -0.05) is 12.1 Å². The van der Waals surface area contributed by atoms with Crippen molar-refractivity contribution in [1.29, 1.82) is 0 Å². The first-order valence-corrected chi connectivity index (χ1v) is 11.3. The molecule has 2 amide bonds. The van der Waals surface area contributed by atoms with E-state index in [-0.39, 0.29) is 18.5 Å². The third-order valence-electron chi connectivity index (χ3n) is 6.02. The molecule has 1 atom stereocenters. The quantitative estimate of drug-likeness (QED) is 0.608. The lowest BCUT2D eigenvalue weighted by Gasteiger charge is -2.38. The molecule has 2 aromatic rings. The number of urea groups is 1. The molecule has 0 radical (unpaired) electrons. The van der Waals surface area contributed by atoms with Crippen LogP contribution in [0.3, 0.4) is 0 Å². The molecule has 4 rings (SSSR count). The lowest BCUT2D eigenvalue weighted by Crippen LogP contribution is -2.51. The van der Waals surface area contributed by atoms with Crippen LogP contribution < -0.4 is 20.3 Å². The van der Waals surface area contributed by atoms with Crippen molar-refractivity contribution in [3.05, 3.63) is 71.2 Å². The van der Waals surface area contributed by atoms with E-state index in [1.165, 1.54) is 12.1 Å². The van der Waals surface area contributed by atoms with Crippen molar-refractivity contribution in [3.63, 3.8) is 0 Å². The zero-order valence-corrected chi connectivity index (χ0v) is 19.3. The number of carbonyl (C=O) groups is 2. The first kappa shape index (κ1) is 23.6. The van der Waals surface area contributed by atoms with E-state index in [1.54, 1.807) is 32.2 Å². The zero-order valence-electron chi connectivity index (χ0n) is 19.3. The van der Waals surface area contributed by atoms with Gasteiger partial charge in [0.15, 0.2) is 0 Å². The minimum Gasteiger partial charge on any atom is -0.497 e. The second-order valence-electron chi connectivity index (χ2n) is 8.16. The predicted molar refractivity (Wildman–Crippen MR) is 126 cm³/mol. The Morgan fingerprint density at radius 3 is 2.53 bits per heavy atom. The van der Waals surface area contributed by atoms with E-state index in [1.807, 2.05) is 18.2 Å². The topological polar surface area (TPSA) is 83.1 Å². The predicted octanol–water partition coefficient (Wildman–Crippen LogP) is 2.83. The number of benzene rings is 2. The van der Waals surface area contributed by atoms with Gasteiger partial charge in [-0.05, 0) is 48.9 Å². The Balaban J connectivity index is 1.56. The van der Waals surface area contributed by atoms with Crippen LogP contribution >= 0.6 is 0 Å². The lowest BCUT2D eigenvalue weighted by atomic mass is 9.94. The van der Waals surface area contributed by atoms with Gasteiger partial charge in [0.05, 0.1) is 25.3 Å². The number of nitrogens with one attached hydrogen (secondary N) is 2. The molecule has 0 saturated carbocycles. The summed E-state index contributed by atoms with van der Waals surface area (Å²) in [6, 6.07) is 12.7. The number of carbonyl (C=O) groups excluding carboxylic acids is 2. The second kappa shape index (κ2) is 10.6. The molecule has 34 heavy (non-hydrogen) atoms. The number of esters is 1. The van der Waals surface area contributed by atoms with Gasteiger partial charge in [-0.2, -0.15) is 0 Å². The van der Waals surface area contributed by atoms with E-state index < -0.39 is 12.0 Å². The van der Waals surface area contributed by atoms with E-state index in [0.717, 1.165) is 37.4 Å². The Kier molecular flexibility index (Phi) is 7.32. The van der Waals surface area contributed by atoms with Gasteiger partial charge in [0, 0.05) is 44.1 Å². The van der Waals surface area contributed by atoms with Crippen molar-refractivity contribution >= 4 is 17.7 Å². The van der Waals surface area contributed by atoms with Crippen LogP contribution in [0.4, 0.5) is 14.9 Å². The van der Waals surface area contributed by atoms with Gasteiger partial charge in [0.2, 0.25) is 0 Å². The molecule has 2 N–H and O–H groups in total. The van der Waals surface area contributed by atoms with Gasteiger partial charge in [-0.25, -0.2) is 14.0 Å². The summed E-state index contributed by atoms with van der Waals surface area (Å²) < 4.78 is 23.9. The molecule has 180 valence electrons. The molecule has 9 heteroatoms. The number of nitrogens with zero attached hydrogens (tertiary/aromatic N) is 2. The van der Waals surface area contributed by atoms with Gasteiger partial charge < -0.3 is 25.0 Å². The molecule has 2 heterocycles. The third kappa shape index (κ3) is 5.31. The molecule has 2 aliphatic rings. The van der Waals surface area contributed by atoms with E-state index in [0.29, 0.717) is 23.6 Å². The fourth-order valence-corrected chi connectivity index (χ4v) is 4.30. The fraction of sp³-hybridized carbons (Fsp3) is 0.360. The minimum absolute atomic E-state index is 0.227. The summed E-state index contributed by atoms with van der Waals surface area (Å²) in [6.45, 7) is 5.33. The van der Waals surface area contributed by atoms with Gasteiger partial charge in [0.25, 0.3) is 0 Å². The van der Waals surface area contributed by atoms with Crippen molar-refractivity contribution < 1.29 is 23.5 Å². The van der Waals surface area contributed by atoms with Crippen LogP contribution in [-0.2, 0) is 9.53 Å². The number of hydrogen-bond acceptors (Lipinski definition) is 6. The summed E-state index contributed by atoms with van der Waals surface area (Å²) in [6.07, 6.45) is 0. The highest BCUT2D eigenvalue weighted by Crippen LogP contribution is 2.30. The highest BCUT2D eigenvalue weighted by atomic mass is 19.1. The smallest absolute Gasteiger partial charge is 0.338 e. The lowest BCUT2D eigenvalue weighted by molar-refractivity contribution is -0.139. The molecular weight excluding hydrogens is 439 g/mol. The summed E-state index contributed by atoms with van der Waals surface area (Å²) in [7, 11) is 1.57. The molecule has 0 spiro atoms. The highest BCUT2D eigenvalue weighted by Gasteiger charge is 2.35. The van der Waals surface area contributed by atoms with Crippen molar-refractivity contribution in [2.24, 2.45) is 0 Å². The van der Waals surface area contributed by atoms with E-state index >= 15 is 0 Å². The number of amides is 2. The Hall–Kier alpha value is -3.59. The maximum atomic E-state index is 13.2. The summed E-state index contributed by atoms with van der Waals surface area (Å²) in [4.78, 5) is 29.9. The maximum absolute atomic E-state index is 13.2. The number of methoxy groups -OCH3 is 1. The Labute approximate surface area is 198 Å². The van der Waals surface area contributed by atoms with Gasteiger partial charge in [-0.15, -0.1) is 0 Å². The van der Waals surface area contributed by atoms with Crippen molar-refractivity contribution in [2.75, 3.05) is 51.3 Å². The molecule has 8 nitrogen and oxygen atoms in total. The first-order chi connectivity index (χ1) is 16.5. The molecule has 0 bridgehead atoms. The molecule has 0 aromatic heterocycles. The Morgan fingerprint density at radius 2 is 1.85 bits per heavy atom. The minimum atomic E-state index is -0.654. The summed E-state index contributed by atoms with van der Waals surface area (Å²) in [5, 5.41) is 5.68. The number of halogens is 1. The van der Waals surface area contributed by atoms with Gasteiger partial charge in [-0.3, -0.25) is 4.90 Å². The number of anilines is 1. The van der Waals surface area contributed by atoms with Crippen molar-refractivity contribution in [2.45, 2.75) is 13.0 Å².